The van der Waals surface area contributed by atoms with E-state index in [9.17, 15) is 0 Å². The number of aryl methyl sites for hydroxylation is 2. The molecule has 0 atom stereocenters. The van der Waals surface area contributed by atoms with E-state index >= 15 is 0 Å². The lowest BCUT2D eigenvalue weighted by atomic mass is 10.0. The maximum absolute atomic E-state index is 2.56. The highest BCUT2D eigenvalue weighted by molar-refractivity contribution is 4.84. The van der Waals surface area contributed by atoms with Gasteiger partial charge in [0, 0.05) is 6.42 Å². The number of hydrogen-bond acceptors (Lipinski definition) is 0. The van der Waals surface area contributed by atoms with Crippen LogP contribution in [0.4, 0.5) is 0 Å². The van der Waals surface area contributed by atoms with Crippen molar-refractivity contribution in [2.75, 3.05) is 0 Å². The van der Waals surface area contributed by atoms with Crippen molar-refractivity contribution in [3.63, 3.8) is 0 Å². The Morgan fingerprint density at radius 2 is 1.03 bits per heavy atom. The number of unbranched alkanes of at least 4 members (excludes halogenated alkanes) is 16. The predicted octanol–water partition coefficient (Wildman–Crippen LogP) is 8.79. The van der Waals surface area contributed by atoms with E-state index in [0.717, 1.165) is 0 Å². The van der Waals surface area contributed by atoms with E-state index < -0.39 is 0 Å². The molecule has 0 amide bonds. The molecular weight excluding hydrogens is 364 g/mol. The molecule has 0 N–H and O–H groups in total. The van der Waals surface area contributed by atoms with Crippen LogP contribution in [0.2, 0.25) is 0 Å². The van der Waals surface area contributed by atoms with Crippen molar-refractivity contribution in [3.8, 4) is 0 Å². The molecule has 1 heterocycles. The van der Waals surface area contributed by atoms with Crippen LogP contribution in [0.5, 0.6) is 0 Å². The van der Waals surface area contributed by atoms with Crippen LogP contribution in [-0.2, 0) is 19.5 Å². The van der Waals surface area contributed by atoms with E-state index in [4.69, 9.17) is 0 Å². The Bertz CT molecular complexity index is 477. The van der Waals surface area contributed by atoms with Gasteiger partial charge >= 0.3 is 0 Å². The van der Waals surface area contributed by atoms with Crippen LogP contribution < -0.4 is 4.57 Å². The Morgan fingerprint density at radius 1 is 0.567 bits per heavy atom. The van der Waals surface area contributed by atoms with Crippen molar-refractivity contribution in [2.45, 2.75) is 162 Å². The Morgan fingerprint density at radius 3 is 1.53 bits per heavy atom. The molecule has 0 spiro atoms. The SMILES string of the molecule is CCCCCCCCCCCCCCCn1cc[n+](CCC)c1CCCCCCC. The molecule has 176 valence electrons. The molecule has 2 heteroatoms. The van der Waals surface area contributed by atoms with Crippen LogP contribution in [0.25, 0.3) is 0 Å². The van der Waals surface area contributed by atoms with Gasteiger partial charge in [-0.05, 0) is 25.7 Å². The number of hydrogen-bond donors (Lipinski definition) is 0. The molecule has 30 heavy (non-hydrogen) atoms. The second-order valence-electron chi connectivity index (χ2n) is 9.51. The lowest BCUT2D eigenvalue weighted by molar-refractivity contribution is -0.703. The molecule has 1 aromatic heterocycles. The summed E-state index contributed by atoms with van der Waals surface area (Å²) in [5.41, 5.74) is 0. The first-order valence-electron chi connectivity index (χ1n) is 13.9. The van der Waals surface area contributed by atoms with Crippen LogP contribution in [0.1, 0.15) is 149 Å². The van der Waals surface area contributed by atoms with Crippen LogP contribution in [0, 0.1) is 0 Å². The average Bonchev–Trinajstić information content (AvgIpc) is 3.13. The van der Waals surface area contributed by atoms with Crippen molar-refractivity contribution in [2.24, 2.45) is 0 Å². The van der Waals surface area contributed by atoms with Crippen molar-refractivity contribution >= 4 is 0 Å². The summed E-state index contributed by atoms with van der Waals surface area (Å²) in [4.78, 5) is 0. The van der Waals surface area contributed by atoms with Gasteiger partial charge < -0.3 is 0 Å². The van der Waals surface area contributed by atoms with Gasteiger partial charge in [0.15, 0.2) is 0 Å². The minimum atomic E-state index is 1.18. The van der Waals surface area contributed by atoms with Gasteiger partial charge in [-0.2, -0.15) is 0 Å². The molecule has 0 saturated carbocycles. The average molecular weight is 420 g/mol. The summed E-state index contributed by atoms with van der Waals surface area (Å²) in [6, 6.07) is 0. The predicted molar refractivity (Wildman–Crippen MR) is 133 cm³/mol. The third-order valence-corrected chi connectivity index (χ3v) is 6.56. The molecule has 2 nitrogen and oxygen atoms in total. The molecule has 0 aromatic carbocycles. The fraction of sp³-hybridized carbons (Fsp3) is 0.893. The second kappa shape index (κ2) is 20.1. The van der Waals surface area contributed by atoms with Gasteiger partial charge in [-0.25, -0.2) is 9.13 Å². The highest BCUT2D eigenvalue weighted by atomic mass is 15.1. The summed E-state index contributed by atoms with van der Waals surface area (Å²) in [6.07, 6.45) is 32.7. The summed E-state index contributed by atoms with van der Waals surface area (Å²) < 4.78 is 5.08. The smallest absolute Gasteiger partial charge is 0.234 e. The fourth-order valence-electron chi connectivity index (χ4n) is 4.62. The Labute approximate surface area is 189 Å². The van der Waals surface area contributed by atoms with Gasteiger partial charge in [0.2, 0.25) is 0 Å². The van der Waals surface area contributed by atoms with Gasteiger partial charge in [0.25, 0.3) is 5.82 Å². The van der Waals surface area contributed by atoms with E-state index in [-0.39, 0.29) is 0 Å². The molecule has 0 saturated heterocycles. The lowest BCUT2D eigenvalue weighted by Gasteiger charge is -2.06. The zero-order valence-electron chi connectivity index (χ0n) is 21.1. The van der Waals surface area contributed by atoms with Crippen LogP contribution in [0.3, 0.4) is 0 Å². The summed E-state index contributed by atoms with van der Waals surface area (Å²) in [5.74, 6) is 1.58. The zero-order valence-corrected chi connectivity index (χ0v) is 21.1. The van der Waals surface area contributed by atoms with Crippen molar-refractivity contribution in [3.05, 3.63) is 18.2 Å². The molecule has 0 aliphatic heterocycles. The second-order valence-corrected chi connectivity index (χ2v) is 9.51. The summed E-state index contributed by atoms with van der Waals surface area (Å²) in [5, 5.41) is 0. The van der Waals surface area contributed by atoms with Gasteiger partial charge in [-0.1, -0.05) is 117 Å². The number of imidazole rings is 1. The number of aromatic nitrogens is 2. The van der Waals surface area contributed by atoms with Gasteiger partial charge in [0.1, 0.15) is 12.4 Å². The molecule has 0 aliphatic carbocycles. The van der Waals surface area contributed by atoms with E-state index in [1.165, 1.54) is 142 Å². The first kappa shape index (κ1) is 27.2. The van der Waals surface area contributed by atoms with E-state index in [1.54, 1.807) is 5.82 Å². The Balaban J connectivity index is 2.11. The molecule has 0 radical (unpaired) electrons. The maximum atomic E-state index is 2.56. The third kappa shape index (κ3) is 13.5. The first-order valence-corrected chi connectivity index (χ1v) is 13.9. The molecule has 0 unspecified atom stereocenters. The van der Waals surface area contributed by atoms with Crippen LogP contribution in [0.15, 0.2) is 12.4 Å². The third-order valence-electron chi connectivity index (χ3n) is 6.56. The van der Waals surface area contributed by atoms with Crippen LogP contribution >= 0.6 is 0 Å². The van der Waals surface area contributed by atoms with Crippen molar-refractivity contribution in [1.29, 1.82) is 0 Å². The summed E-state index contributed by atoms with van der Waals surface area (Å²) in [6.45, 7) is 9.29. The topological polar surface area (TPSA) is 8.81 Å². The van der Waals surface area contributed by atoms with Crippen molar-refractivity contribution < 1.29 is 4.57 Å². The molecular formula is C28H55N2+. The highest BCUT2D eigenvalue weighted by Gasteiger charge is 2.15. The number of rotatable bonds is 22. The number of nitrogens with zero attached hydrogens (tertiary/aromatic N) is 2. The summed E-state index contributed by atoms with van der Waals surface area (Å²) >= 11 is 0. The van der Waals surface area contributed by atoms with Gasteiger partial charge in [-0.15, -0.1) is 0 Å². The largest absolute Gasteiger partial charge is 0.256 e. The van der Waals surface area contributed by atoms with Crippen LogP contribution in [-0.4, -0.2) is 4.57 Å². The lowest BCUT2D eigenvalue weighted by Crippen LogP contribution is -2.37. The summed E-state index contributed by atoms with van der Waals surface area (Å²) in [7, 11) is 0. The molecule has 1 aromatic rings. The molecule has 0 bridgehead atoms. The minimum Gasteiger partial charge on any atom is -0.234 e. The maximum Gasteiger partial charge on any atom is 0.256 e. The van der Waals surface area contributed by atoms with Gasteiger partial charge in [-0.3, -0.25) is 0 Å². The monoisotopic (exact) mass is 419 g/mol. The highest BCUT2D eigenvalue weighted by Crippen LogP contribution is 2.13. The fourth-order valence-corrected chi connectivity index (χ4v) is 4.62. The van der Waals surface area contributed by atoms with E-state index in [0.29, 0.717) is 0 Å². The minimum absolute atomic E-state index is 1.18. The normalized spacial score (nSPS) is 11.4. The van der Waals surface area contributed by atoms with Gasteiger partial charge in [0.05, 0.1) is 13.1 Å². The Kier molecular flexibility index (Phi) is 18.3. The van der Waals surface area contributed by atoms with E-state index in [2.05, 4.69) is 42.3 Å². The molecule has 0 fully saturated rings. The quantitative estimate of drug-likeness (QED) is 0.131. The van der Waals surface area contributed by atoms with Crippen molar-refractivity contribution in [1.82, 2.24) is 4.57 Å². The first-order chi connectivity index (χ1) is 14.8. The van der Waals surface area contributed by atoms with E-state index in [1.807, 2.05) is 0 Å². The zero-order chi connectivity index (χ0) is 21.7. The molecule has 1 rings (SSSR count). The molecule has 0 aliphatic rings. The Hall–Kier alpha value is -0.790. The standard InChI is InChI=1S/C28H55N2/c1-4-7-9-11-12-13-14-15-16-17-18-20-22-25-30-27-26-29(24-6-3)28(30)23-21-19-10-8-5-2/h26-27H,4-25H2,1-3H3/q+1.